The number of carbonyl (C=O) groups excluding carboxylic acids is 1. The molecule has 2 aromatic carbocycles. The van der Waals surface area contributed by atoms with Crippen molar-refractivity contribution >= 4 is 5.91 Å². The fourth-order valence-corrected chi connectivity index (χ4v) is 2.93. The number of hydrogen-bond acceptors (Lipinski definition) is 4. The fraction of sp³-hybridized carbons (Fsp3) is 0.238. The average molecular weight is 350 g/mol. The Kier molecular flexibility index (Phi) is 5.37. The Balaban J connectivity index is 1.64. The molecule has 0 saturated carbocycles. The predicted molar refractivity (Wildman–Crippen MR) is 100 cm³/mol. The second kappa shape index (κ2) is 7.87. The van der Waals surface area contributed by atoms with Gasteiger partial charge >= 0.3 is 0 Å². The van der Waals surface area contributed by atoms with E-state index in [1.165, 1.54) is 0 Å². The van der Waals surface area contributed by atoms with Gasteiger partial charge in [-0.05, 0) is 55.7 Å². The monoisotopic (exact) mass is 350 g/mol. The van der Waals surface area contributed by atoms with Crippen LogP contribution in [-0.4, -0.2) is 24.7 Å². The van der Waals surface area contributed by atoms with Crippen LogP contribution in [0.5, 0.6) is 5.75 Å². The van der Waals surface area contributed by atoms with Gasteiger partial charge in [0.1, 0.15) is 11.5 Å². The lowest BCUT2D eigenvalue weighted by Gasteiger charge is -2.08. The zero-order valence-electron chi connectivity index (χ0n) is 15.2. The van der Waals surface area contributed by atoms with Crippen molar-refractivity contribution in [2.75, 3.05) is 13.7 Å². The van der Waals surface area contributed by atoms with Crippen LogP contribution in [0.15, 0.2) is 53.1 Å². The second-order valence-electron chi connectivity index (χ2n) is 6.13. The van der Waals surface area contributed by atoms with Gasteiger partial charge in [0.15, 0.2) is 0 Å². The summed E-state index contributed by atoms with van der Waals surface area (Å²) < 4.78 is 10.4. The minimum atomic E-state index is -0.0906. The fourth-order valence-electron chi connectivity index (χ4n) is 2.93. The van der Waals surface area contributed by atoms with Crippen molar-refractivity contribution in [2.45, 2.75) is 20.3 Å². The summed E-state index contributed by atoms with van der Waals surface area (Å²) in [5.74, 6) is 1.49. The first kappa shape index (κ1) is 17.7. The van der Waals surface area contributed by atoms with E-state index < -0.39 is 0 Å². The number of hydrogen-bond donors (Lipinski definition) is 1. The van der Waals surface area contributed by atoms with Gasteiger partial charge < -0.3 is 14.6 Å². The highest BCUT2D eigenvalue weighted by atomic mass is 16.5. The van der Waals surface area contributed by atoms with Gasteiger partial charge in [-0.3, -0.25) is 4.79 Å². The molecule has 5 heteroatoms. The Bertz CT molecular complexity index is 878. The van der Waals surface area contributed by atoms with Gasteiger partial charge in [0.2, 0.25) is 0 Å². The molecule has 3 aromatic rings. The first-order valence-electron chi connectivity index (χ1n) is 8.53. The van der Waals surface area contributed by atoms with E-state index in [1.54, 1.807) is 7.11 Å². The lowest BCUT2D eigenvalue weighted by molar-refractivity contribution is 0.0954. The van der Waals surface area contributed by atoms with Gasteiger partial charge in [0, 0.05) is 17.7 Å². The van der Waals surface area contributed by atoms with Gasteiger partial charge in [-0.15, -0.1) is 0 Å². The van der Waals surface area contributed by atoms with Crippen molar-refractivity contribution in [1.29, 1.82) is 0 Å². The Morgan fingerprint density at radius 1 is 1.15 bits per heavy atom. The number of aromatic nitrogens is 1. The van der Waals surface area contributed by atoms with E-state index >= 15 is 0 Å². The lowest BCUT2D eigenvalue weighted by atomic mass is 10.0. The predicted octanol–water partition coefficient (Wildman–Crippen LogP) is 3.94. The zero-order valence-corrected chi connectivity index (χ0v) is 15.2. The number of methoxy groups -OCH3 is 1. The molecule has 0 aliphatic heterocycles. The summed E-state index contributed by atoms with van der Waals surface area (Å²) in [6.07, 6.45) is 0.763. The first-order valence-corrected chi connectivity index (χ1v) is 8.53. The van der Waals surface area contributed by atoms with Crippen LogP contribution in [-0.2, 0) is 6.42 Å². The molecule has 1 amide bonds. The van der Waals surface area contributed by atoms with E-state index in [1.807, 2.05) is 62.4 Å². The quantitative estimate of drug-likeness (QED) is 0.731. The molecule has 26 heavy (non-hydrogen) atoms. The Morgan fingerprint density at radius 2 is 1.92 bits per heavy atom. The van der Waals surface area contributed by atoms with Crippen LogP contribution in [0.25, 0.3) is 11.1 Å². The minimum absolute atomic E-state index is 0.0906. The smallest absolute Gasteiger partial charge is 0.251 e. The van der Waals surface area contributed by atoms with Crippen molar-refractivity contribution in [3.8, 4) is 16.9 Å². The number of rotatable bonds is 6. The van der Waals surface area contributed by atoms with Crippen LogP contribution in [0.2, 0.25) is 0 Å². The van der Waals surface area contributed by atoms with Crippen molar-refractivity contribution in [3.05, 3.63) is 71.1 Å². The summed E-state index contributed by atoms with van der Waals surface area (Å²) in [4.78, 5) is 12.5. The van der Waals surface area contributed by atoms with Crippen molar-refractivity contribution < 1.29 is 14.1 Å². The maximum atomic E-state index is 12.5. The molecule has 0 spiro atoms. The largest absolute Gasteiger partial charge is 0.497 e. The van der Waals surface area contributed by atoms with Crippen LogP contribution in [0.3, 0.4) is 0 Å². The van der Waals surface area contributed by atoms with Crippen LogP contribution in [0.1, 0.15) is 27.4 Å². The maximum absolute atomic E-state index is 12.5. The van der Waals surface area contributed by atoms with Crippen LogP contribution < -0.4 is 10.1 Å². The zero-order chi connectivity index (χ0) is 18.5. The molecule has 0 saturated heterocycles. The summed E-state index contributed by atoms with van der Waals surface area (Å²) in [5.41, 5.74) is 4.47. The van der Waals surface area contributed by atoms with Crippen molar-refractivity contribution in [2.24, 2.45) is 0 Å². The van der Waals surface area contributed by atoms with Crippen molar-refractivity contribution in [1.82, 2.24) is 10.5 Å². The summed E-state index contributed by atoms with van der Waals surface area (Å²) in [7, 11) is 1.64. The highest BCUT2D eigenvalue weighted by Crippen LogP contribution is 2.27. The molecule has 0 aliphatic rings. The van der Waals surface area contributed by atoms with Crippen LogP contribution in [0, 0.1) is 13.8 Å². The van der Waals surface area contributed by atoms with E-state index in [-0.39, 0.29) is 5.91 Å². The molecule has 0 bridgehead atoms. The lowest BCUT2D eigenvalue weighted by Crippen LogP contribution is -2.25. The minimum Gasteiger partial charge on any atom is -0.497 e. The third kappa shape index (κ3) is 3.94. The molecule has 0 atom stereocenters. The van der Waals surface area contributed by atoms with E-state index in [0.29, 0.717) is 12.1 Å². The van der Waals surface area contributed by atoms with Gasteiger partial charge in [-0.1, -0.05) is 29.4 Å². The normalized spacial score (nSPS) is 10.6. The molecule has 0 unspecified atom stereocenters. The molecule has 134 valence electrons. The topological polar surface area (TPSA) is 64.4 Å². The molecule has 1 aromatic heterocycles. The van der Waals surface area contributed by atoms with E-state index in [0.717, 1.165) is 40.3 Å². The summed E-state index contributed by atoms with van der Waals surface area (Å²) in [6.45, 7) is 4.34. The van der Waals surface area contributed by atoms with E-state index in [4.69, 9.17) is 9.26 Å². The maximum Gasteiger partial charge on any atom is 0.251 e. The Morgan fingerprint density at radius 3 is 2.58 bits per heavy atom. The SMILES string of the molecule is COc1ccc(CCNC(=O)c2cccc(-c3c(C)noc3C)c2)cc1. The molecular weight excluding hydrogens is 328 g/mol. The highest BCUT2D eigenvalue weighted by molar-refractivity contribution is 5.95. The molecule has 5 nitrogen and oxygen atoms in total. The number of nitrogens with zero attached hydrogens (tertiary/aromatic N) is 1. The summed E-state index contributed by atoms with van der Waals surface area (Å²) >= 11 is 0. The molecule has 3 rings (SSSR count). The number of carbonyl (C=O) groups is 1. The molecule has 0 fully saturated rings. The third-order valence-electron chi connectivity index (χ3n) is 4.31. The molecule has 0 aliphatic carbocycles. The number of amides is 1. The molecule has 0 radical (unpaired) electrons. The summed E-state index contributed by atoms with van der Waals surface area (Å²) in [5, 5.41) is 6.95. The van der Waals surface area contributed by atoms with E-state index in [9.17, 15) is 4.79 Å². The van der Waals surface area contributed by atoms with Crippen molar-refractivity contribution in [3.63, 3.8) is 0 Å². The second-order valence-corrected chi connectivity index (χ2v) is 6.13. The highest BCUT2D eigenvalue weighted by Gasteiger charge is 2.13. The van der Waals surface area contributed by atoms with Crippen LogP contribution >= 0.6 is 0 Å². The Hall–Kier alpha value is -3.08. The number of nitrogens with one attached hydrogen (secondary N) is 1. The third-order valence-corrected chi connectivity index (χ3v) is 4.31. The summed E-state index contributed by atoms with van der Waals surface area (Å²) in [6, 6.07) is 15.4. The molecular formula is C21H22N2O3. The van der Waals surface area contributed by atoms with Gasteiger partial charge in [0.05, 0.1) is 12.8 Å². The number of benzene rings is 2. The number of aryl methyl sites for hydroxylation is 2. The Labute approximate surface area is 153 Å². The first-order chi connectivity index (χ1) is 12.6. The van der Waals surface area contributed by atoms with E-state index in [2.05, 4.69) is 10.5 Å². The van der Waals surface area contributed by atoms with Gasteiger partial charge in [-0.25, -0.2) is 0 Å². The molecule has 1 heterocycles. The van der Waals surface area contributed by atoms with Gasteiger partial charge in [0.25, 0.3) is 5.91 Å². The number of ether oxygens (including phenoxy) is 1. The van der Waals surface area contributed by atoms with Crippen LogP contribution in [0.4, 0.5) is 0 Å². The van der Waals surface area contributed by atoms with Gasteiger partial charge in [-0.2, -0.15) is 0 Å². The molecule has 1 N–H and O–H groups in total. The standard InChI is InChI=1S/C21H22N2O3/c1-14-20(15(2)26-23-14)17-5-4-6-18(13-17)21(24)22-12-11-16-7-9-19(25-3)10-8-16/h4-10,13H,11-12H2,1-3H3,(H,22,24). The average Bonchev–Trinajstić information content (AvgIpc) is 3.00.